The van der Waals surface area contributed by atoms with Crippen LogP contribution in [0.1, 0.15) is 45.4 Å². The van der Waals surface area contributed by atoms with Gasteiger partial charge >= 0.3 is 12.0 Å². The highest BCUT2D eigenvalue weighted by molar-refractivity contribution is 5.82. The summed E-state index contributed by atoms with van der Waals surface area (Å²) in [5.74, 6) is -1.00. The van der Waals surface area contributed by atoms with Gasteiger partial charge in [0.15, 0.2) is 0 Å². The molecule has 0 aromatic heterocycles. The molecule has 0 heterocycles. The number of aliphatic carboxylic acids is 1. The van der Waals surface area contributed by atoms with Crippen molar-refractivity contribution < 1.29 is 19.4 Å². The van der Waals surface area contributed by atoms with Gasteiger partial charge in [0.05, 0.1) is 12.7 Å². The molecule has 19 heavy (non-hydrogen) atoms. The standard InChI is InChI=1S/C13H24N2O4/c1-2-5-11(12(16)17)15-13(18)14-8-9-19-10-6-3-4-7-10/h10-11H,2-9H2,1H3,(H,16,17)(H2,14,15,18)/t11-/m0/s1. The average Bonchev–Trinajstić information content (AvgIpc) is 2.87. The van der Waals surface area contributed by atoms with E-state index in [0.717, 1.165) is 12.8 Å². The summed E-state index contributed by atoms with van der Waals surface area (Å²) in [6.07, 6.45) is 6.11. The van der Waals surface area contributed by atoms with Gasteiger partial charge in [-0.1, -0.05) is 26.2 Å². The highest BCUT2D eigenvalue weighted by Gasteiger charge is 2.18. The van der Waals surface area contributed by atoms with Gasteiger partial charge in [-0.3, -0.25) is 0 Å². The first-order valence-corrected chi connectivity index (χ1v) is 7.02. The number of urea groups is 1. The Kier molecular flexibility index (Phi) is 7.25. The normalized spacial score (nSPS) is 17.1. The molecule has 1 saturated carbocycles. The van der Waals surface area contributed by atoms with Crippen LogP contribution in [0.15, 0.2) is 0 Å². The molecule has 1 rings (SSSR count). The van der Waals surface area contributed by atoms with E-state index in [1.807, 2.05) is 6.92 Å². The first kappa shape index (κ1) is 15.8. The van der Waals surface area contributed by atoms with E-state index < -0.39 is 18.0 Å². The number of ether oxygens (including phenoxy) is 1. The zero-order chi connectivity index (χ0) is 14.1. The van der Waals surface area contributed by atoms with Gasteiger partial charge < -0.3 is 20.5 Å². The lowest BCUT2D eigenvalue weighted by Crippen LogP contribution is -2.46. The van der Waals surface area contributed by atoms with Crippen molar-refractivity contribution in [3.05, 3.63) is 0 Å². The molecule has 1 atom stereocenters. The monoisotopic (exact) mass is 272 g/mol. The summed E-state index contributed by atoms with van der Waals surface area (Å²) < 4.78 is 5.59. The first-order chi connectivity index (χ1) is 9.13. The van der Waals surface area contributed by atoms with E-state index in [0.29, 0.717) is 32.1 Å². The topological polar surface area (TPSA) is 87.7 Å². The SMILES string of the molecule is CCC[C@H](NC(=O)NCCOC1CCCC1)C(=O)O. The van der Waals surface area contributed by atoms with Crippen molar-refractivity contribution in [2.24, 2.45) is 0 Å². The molecule has 0 bridgehead atoms. The second-order valence-electron chi connectivity index (χ2n) is 4.86. The molecule has 110 valence electrons. The van der Waals surface area contributed by atoms with E-state index in [2.05, 4.69) is 10.6 Å². The maximum absolute atomic E-state index is 11.5. The first-order valence-electron chi connectivity index (χ1n) is 7.02. The molecule has 0 spiro atoms. The Morgan fingerprint density at radius 2 is 2.05 bits per heavy atom. The lowest BCUT2D eigenvalue weighted by molar-refractivity contribution is -0.139. The molecular weight excluding hydrogens is 248 g/mol. The molecule has 1 aliphatic carbocycles. The van der Waals surface area contributed by atoms with Crippen LogP contribution in [-0.2, 0) is 9.53 Å². The quantitative estimate of drug-likeness (QED) is 0.584. The number of amides is 2. The molecule has 0 radical (unpaired) electrons. The Balaban J connectivity index is 2.10. The predicted molar refractivity (Wildman–Crippen MR) is 71.1 cm³/mol. The van der Waals surface area contributed by atoms with Crippen LogP contribution in [0.4, 0.5) is 4.79 Å². The summed E-state index contributed by atoms with van der Waals surface area (Å²) in [5, 5.41) is 14.0. The molecule has 0 aromatic carbocycles. The van der Waals surface area contributed by atoms with E-state index in [4.69, 9.17) is 9.84 Å². The molecule has 1 fully saturated rings. The van der Waals surface area contributed by atoms with Crippen LogP contribution in [-0.4, -0.2) is 42.4 Å². The summed E-state index contributed by atoms with van der Waals surface area (Å²) in [6, 6.07) is -1.27. The van der Waals surface area contributed by atoms with Crippen molar-refractivity contribution in [3.8, 4) is 0 Å². The number of carboxylic acid groups (broad SMARTS) is 1. The van der Waals surface area contributed by atoms with Crippen LogP contribution in [0.5, 0.6) is 0 Å². The minimum Gasteiger partial charge on any atom is -0.480 e. The molecule has 0 unspecified atom stereocenters. The van der Waals surface area contributed by atoms with Crippen molar-refractivity contribution in [1.82, 2.24) is 10.6 Å². The molecule has 1 aliphatic rings. The van der Waals surface area contributed by atoms with E-state index >= 15 is 0 Å². The Morgan fingerprint density at radius 1 is 1.37 bits per heavy atom. The van der Waals surface area contributed by atoms with Crippen LogP contribution in [0, 0.1) is 0 Å². The highest BCUT2D eigenvalue weighted by Crippen LogP contribution is 2.20. The molecular formula is C13H24N2O4. The maximum Gasteiger partial charge on any atom is 0.326 e. The molecule has 6 heteroatoms. The van der Waals surface area contributed by atoms with Crippen molar-refractivity contribution >= 4 is 12.0 Å². The summed E-state index contributed by atoms with van der Waals surface area (Å²) in [5.41, 5.74) is 0. The number of nitrogens with one attached hydrogen (secondary N) is 2. The lowest BCUT2D eigenvalue weighted by Gasteiger charge is -2.15. The Bertz CT molecular complexity index is 290. The highest BCUT2D eigenvalue weighted by atomic mass is 16.5. The Labute approximate surface area is 113 Å². The van der Waals surface area contributed by atoms with Crippen LogP contribution >= 0.6 is 0 Å². The van der Waals surface area contributed by atoms with Gasteiger partial charge in [0.1, 0.15) is 6.04 Å². The van der Waals surface area contributed by atoms with Crippen molar-refractivity contribution in [3.63, 3.8) is 0 Å². The van der Waals surface area contributed by atoms with Crippen molar-refractivity contribution in [2.45, 2.75) is 57.6 Å². The number of hydrogen-bond acceptors (Lipinski definition) is 3. The molecule has 0 aliphatic heterocycles. The summed E-state index contributed by atoms with van der Waals surface area (Å²) in [6.45, 7) is 2.76. The zero-order valence-electron chi connectivity index (χ0n) is 11.5. The number of carbonyl (C=O) groups excluding carboxylic acids is 1. The van der Waals surface area contributed by atoms with Gasteiger partial charge in [-0.25, -0.2) is 9.59 Å². The van der Waals surface area contributed by atoms with Crippen LogP contribution in [0.2, 0.25) is 0 Å². The van der Waals surface area contributed by atoms with Crippen LogP contribution in [0.25, 0.3) is 0 Å². The van der Waals surface area contributed by atoms with E-state index in [9.17, 15) is 9.59 Å². The molecule has 0 saturated heterocycles. The third-order valence-corrected chi connectivity index (χ3v) is 3.22. The fourth-order valence-corrected chi connectivity index (χ4v) is 2.20. The van der Waals surface area contributed by atoms with E-state index in [1.54, 1.807) is 0 Å². The number of hydrogen-bond donors (Lipinski definition) is 3. The zero-order valence-corrected chi connectivity index (χ0v) is 11.5. The number of carbonyl (C=O) groups is 2. The number of rotatable bonds is 8. The third-order valence-electron chi connectivity index (χ3n) is 3.22. The van der Waals surface area contributed by atoms with Gasteiger partial charge in [-0.2, -0.15) is 0 Å². The second kappa shape index (κ2) is 8.74. The Morgan fingerprint density at radius 3 is 2.63 bits per heavy atom. The largest absolute Gasteiger partial charge is 0.480 e. The summed E-state index contributed by atoms with van der Waals surface area (Å²) >= 11 is 0. The third kappa shape index (κ3) is 6.42. The maximum atomic E-state index is 11.5. The van der Waals surface area contributed by atoms with Gasteiger partial charge in [0.25, 0.3) is 0 Å². The minimum atomic E-state index is -1.00. The summed E-state index contributed by atoms with van der Waals surface area (Å²) in [7, 11) is 0. The molecule has 3 N–H and O–H groups in total. The van der Waals surface area contributed by atoms with E-state index in [1.165, 1.54) is 12.8 Å². The van der Waals surface area contributed by atoms with Crippen molar-refractivity contribution in [1.29, 1.82) is 0 Å². The van der Waals surface area contributed by atoms with Crippen molar-refractivity contribution in [2.75, 3.05) is 13.2 Å². The Hall–Kier alpha value is -1.30. The van der Waals surface area contributed by atoms with E-state index in [-0.39, 0.29) is 0 Å². The smallest absolute Gasteiger partial charge is 0.326 e. The van der Waals surface area contributed by atoms with Gasteiger partial charge in [-0.05, 0) is 19.3 Å². The van der Waals surface area contributed by atoms with Gasteiger partial charge in [0, 0.05) is 6.54 Å². The van der Waals surface area contributed by atoms with Gasteiger partial charge in [0.2, 0.25) is 0 Å². The molecule has 0 aromatic rings. The van der Waals surface area contributed by atoms with Crippen LogP contribution in [0.3, 0.4) is 0 Å². The summed E-state index contributed by atoms with van der Waals surface area (Å²) in [4.78, 5) is 22.3. The lowest BCUT2D eigenvalue weighted by atomic mass is 10.2. The van der Waals surface area contributed by atoms with Crippen LogP contribution < -0.4 is 10.6 Å². The fourth-order valence-electron chi connectivity index (χ4n) is 2.20. The predicted octanol–water partition coefficient (Wildman–Crippen LogP) is 1.50. The number of carboxylic acids is 1. The average molecular weight is 272 g/mol. The fraction of sp³-hybridized carbons (Fsp3) is 0.846. The second-order valence-corrected chi connectivity index (χ2v) is 4.86. The molecule has 6 nitrogen and oxygen atoms in total. The molecule has 2 amide bonds. The minimum absolute atomic E-state index is 0.330. The van der Waals surface area contributed by atoms with Gasteiger partial charge in [-0.15, -0.1) is 0 Å².